The highest BCUT2D eigenvalue weighted by molar-refractivity contribution is 9.10. The second-order valence-corrected chi connectivity index (χ2v) is 9.81. The van der Waals surface area contributed by atoms with Gasteiger partial charge in [-0.25, -0.2) is 8.42 Å². The monoisotopic (exact) mass is 493 g/mol. The van der Waals surface area contributed by atoms with Gasteiger partial charge in [0.1, 0.15) is 0 Å². The Labute approximate surface area is 185 Å². The Bertz CT molecular complexity index is 1010. The molecule has 0 aromatic heterocycles. The molecule has 2 aromatic rings. The fraction of sp³-hybridized carbons (Fsp3) is 0.333. The van der Waals surface area contributed by atoms with Crippen molar-refractivity contribution >= 4 is 37.8 Å². The third kappa shape index (κ3) is 5.68. The molecule has 1 fully saturated rings. The normalized spacial score (nSPS) is 14.4. The summed E-state index contributed by atoms with van der Waals surface area (Å²) in [4.78, 5) is 24.6. The van der Waals surface area contributed by atoms with Crippen molar-refractivity contribution in [3.05, 3.63) is 64.1 Å². The van der Waals surface area contributed by atoms with E-state index in [1.165, 1.54) is 16.4 Å². The SMILES string of the molecule is O=C(Cc1ccccc1)NCCNC(=O)c1cc(S(=O)(=O)N2CCCC2)ccc1Br. The van der Waals surface area contributed by atoms with Gasteiger partial charge >= 0.3 is 0 Å². The molecule has 7 nitrogen and oxygen atoms in total. The zero-order chi connectivity index (χ0) is 21.6. The van der Waals surface area contributed by atoms with Gasteiger partial charge in [-0.1, -0.05) is 30.3 Å². The number of benzene rings is 2. The van der Waals surface area contributed by atoms with Gasteiger partial charge in [0.25, 0.3) is 5.91 Å². The molecule has 30 heavy (non-hydrogen) atoms. The molecule has 1 heterocycles. The summed E-state index contributed by atoms with van der Waals surface area (Å²) in [6, 6.07) is 13.8. The van der Waals surface area contributed by atoms with Crippen molar-refractivity contribution in [2.75, 3.05) is 26.2 Å². The quantitative estimate of drug-likeness (QED) is 0.551. The summed E-state index contributed by atoms with van der Waals surface area (Å²) in [5.74, 6) is -0.534. The minimum absolute atomic E-state index is 0.105. The highest BCUT2D eigenvalue weighted by Gasteiger charge is 2.28. The van der Waals surface area contributed by atoms with Crippen LogP contribution in [0.3, 0.4) is 0 Å². The predicted octanol–water partition coefficient (Wildman–Crippen LogP) is 2.32. The van der Waals surface area contributed by atoms with Crippen LogP contribution in [-0.4, -0.2) is 50.7 Å². The van der Waals surface area contributed by atoms with E-state index in [-0.39, 0.29) is 35.9 Å². The van der Waals surface area contributed by atoms with Gasteiger partial charge in [-0.05, 0) is 52.5 Å². The van der Waals surface area contributed by atoms with Crippen LogP contribution in [0, 0.1) is 0 Å². The molecule has 0 spiro atoms. The van der Waals surface area contributed by atoms with Crippen LogP contribution >= 0.6 is 15.9 Å². The van der Waals surface area contributed by atoms with Gasteiger partial charge in [-0.2, -0.15) is 4.31 Å². The van der Waals surface area contributed by atoms with Gasteiger partial charge in [0.05, 0.1) is 16.9 Å². The fourth-order valence-corrected chi connectivity index (χ4v) is 5.20. The summed E-state index contributed by atoms with van der Waals surface area (Å²) in [6.45, 7) is 1.51. The second kappa shape index (κ2) is 10.2. The Kier molecular flexibility index (Phi) is 7.63. The Morgan fingerprint density at radius 2 is 1.63 bits per heavy atom. The molecule has 1 aliphatic heterocycles. The lowest BCUT2D eigenvalue weighted by molar-refractivity contribution is -0.120. The van der Waals surface area contributed by atoms with Crippen molar-refractivity contribution in [2.24, 2.45) is 0 Å². The number of hydrogen-bond donors (Lipinski definition) is 2. The highest BCUT2D eigenvalue weighted by atomic mass is 79.9. The molecule has 1 saturated heterocycles. The molecule has 0 atom stereocenters. The summed E-state index contributed by atoms with van der Waals surface area (Å²) >= 11 is 3.31. The number of carbonyl (C=O) groups excluding carboxylic acids is 2. The van der Waals surface area contributed by atoms with E-state index in [1.54, 1.807) is 6.07 Å². The molecule has 9 heteroatoms. The maximum atomic E-state index is 12.7. The third-order valence-corrected chi connectivity index (χ3v) is 7.41. The maximum absolute atomic E-state index is 12.7. The summed E-state index contributed by atoms with van der Waals surface area (Å²) in [5, 5.41) is 5.47. The van der Waals surface area contributed by atoms with Gasteiger partial charge in [-0.15, -0.1) is 0 Å². The maximum Gasteiger partial charge on any atom is 0.252 e. The Morgan fingerprint density at radius 1 is 0.967 bits per heavy atom. The van der Waals surface area contributed by atoms with E-state index in [1.807, 2.05) is 30.3 Å². The lowest BCUT2D eigenvalue weighted by atomic mass is 10.1. The number of nitrogens with one attached hydrogen (secondary N) is 2. The first kappa shape index (κ1) is 22.5. The molecule has 2 N–H and O–H groups in total. The minimum Gasteiger partial charge on any atom is -0.354 e. The van der Waals surface area contributed by atoms with Crippen molar-refractivity contribution in [1.82, 2.24) is 14.9 Å². The number of carbonyl (C=O) groups is 2. The van der Waals surface area contributed by atoms with Gasteiger partial charge in [0.2, 0.25) is 15.9 Å². The van der Waals surface area contributed by atoms with Crippen LogP contribution in [0.2, 0.25) is 0 Å². The summed E-state index contributed by atoms with van der Waals surface area (Å²) in [7, 11) is -3.60. The summed E-state index contributed by atoms with van der Waals surface area (Å²) in [6.07, 6.45) is 1.97. The van der Waals surface area contributed by atoms with Crippen LogP contribution in [0.4, 0.5) is 0 Å². The molecule has 2 amide bonds. The summed E-state index contributed by atoms with van der Waals surface area (Å²) in [5.41, 5.74) is 1.16. The van der Waals surface area contributed by atoms with Gasteiger partial charge in [-0.3, -0.25) is 9.59 Å². The standard InChI is InChI=1S/C21H24BrN3O4S/c22-19-9-8-17(30(28,29)25-12-4-5-13-25)15-18(19)21(27)24-11-10-23-20(26)14-16-6-2-1-3-7-16/h1-3,6-9,15H,4-5,10-14H2,(H,23,26)(H,24,27). The molecule has 2 aromatic carbocycles. The lowest BCUT2D eigenvalue weighted by Gasteiger charge is -2.16. The van der Waals surface area contributed by atoms with E-state index in [2.05, 4.69) is 26.6 Å². The Hall–Kier alpha value is -2.23. The van der Waals surface area contributed by atoms with Crippen LogP contribution in [0.15, 0.2) is 57.9 Å². The van der Waals surface area contributed by atoms with E-state index >= 15 is 0 Å². The molecule has 1 aliphatic rings. The summed E-state index contributed by atoms with van der Waals surface area (Å²) < 4.78 is 27.4. The lowest BCUT2D eigenvalue weighted by Crippen LogP contribution is -2.35. The molecule has 0 bridgehead atoms. The first-order chi connectivity index (χ1) is 14.4. The number of amides is 2. The molecule has 0 unspecified atom stereocenters. The largest absolute Gasteiger partial charge is 0.354 e. The zero-order valence-corrected chi connectivity index (χ0v) is 18.8. The molecule has 0 saturated carbocycles. The second-order valence-electron chi connectivity index (χ2n) is 7.02. The third-order valence-electron chi connectivity index (χ3n) is 4.83. The van der Waals surface area contributed by atoms with Crippen LogP contribution in [0.5, 0.6) is 0 Å². The average Bonchev–Trinajstić information content (AvgIpc) is 3.28. The van der Waals surface area contributed by atoms with E-state index < -0.39 is 15.9 Å². The minimum atomic E-state index is -3.60. The van der Waals surface area contributed by atoms with Crippen molar-refractivity contribution in [3.8, 4) is 0 Å². The van der Waals surface area contributed by atoms with Crippen LogP contribution in [0.25, 0.3) is 0 Å². The highest BCUT2D eigenvalue weighted by Crippen LogP contribution is 2.25. The predicted molar refractivity (Wildman–Crippen MR) is 118 cm³/mol. The number of hydrogen-bond acceptors (Lipinski definition) is 4. The van der Waals surface area contributed by atoms with Crippen LogP contribution < -0.4 is 10.6 Å². The smallest absolute Gasteiger partial charge is 0.252 e. The zero-order valence-electron chi connectivity index (χ0n) is 16.4. The van der Waals surface area contributed by atoms with Gasteiger partial charge in [0.15, 0.2) is 0 Å². The topological polar surface area (TPSA) is 95.6 Å². The van der Waals surface area contributed by atoms with Crippen LogP contribution in [-0.2, 0) is 21.2 Å². The van der Waals surface area contributed by atoms with Crippen molar-refractivity contribution in [1.29, 1.82) is 0 Å². The molecular weight excluding hydrogens is 470 g/mol. The molecule has 0 radical (unpaired) electrons. The van der Waals surface area contributed by atoms with E-state index in [0.29, 0.717) is 17.6 Å². The number of sulfonamides is 1. The first-order valence-electron chi connectivity index (χ1n) is 9.76. The number of halogens is 1. The van der Waals surface area contributed by atoms with Gasteiger partial charge < -0.3 is 10.6 Å². The van der Waals surface area contributed by atoms with Crippen molar-refractivity contribution in [3.63, 3.8) is 0 Å². The molecule has 0 aliphatic carbocycles. The first-order valence-corrected chi connectivity index (χ1v) is 12.0. The molecule has 3 rings (SSSR count). The van der Waals surface area contributed by atoms with Crippen molar-refractivity contribution < 1.29 is 18.0 Å². The number of nitrogens with zero attached hydrogens (tertiary/aromatic N) is 1. The molecule has 160 valence electrons. The van der Waals surface area contributed by atoms with E-state index in [4.69, 9.17) is 0 Å². The average molecular weight is 494 g/mol. The van der Waals surface area contributed by atoms with Crippen molar-refractivity contribution in [2.45, 2.75) is 24.2 Å². The molecular formula is C21H24BrN3O4S. The van der Waals surface area contributed by atoms with Gasteiger partial charge in [0, 0.05) is 30.7 Å². The number of rotatable bonds is 8. The Balaban J connectivity index is 1.54. The van der Waals surface area contributed by atoms with E-state index in [0.717, 1.165) is 18.4 Å². The van der Waals surface area contributed by atoms with Crippen LogP contribution in [0.1, 0.15) is 28.8 Å². The fourth-order valence-electron chi connectivity index (χ4n) is 3.23. The van der Waals surface area contributed by atoms with E-state index in [9.17, 15) is 18.0 Å². The Morgan fingerprint density at radius 3 is 2.33 bits per heavy atom.